The molecule has 4 rings (SSSR count). The largest absolute Gasteiger partial charge is 0.446 e. The van der Waals surface area contributed by atoms with Crippen molar-refractivity contribution in [3.63, 3.8) is 0 Å². The summed E-state index contributed by atoms with van der Waals surface area (Å²) in [4.78, 5) is 42.1. The van der Waals surface area contributed by atoms with E-state index < -0.39 is 18.2 Å². The number of ether oxygens (including phenoxy) is 1. The molecular formula is C25H33N5O4. The van der Waals surface area contributed by atoms with Gasteiger partial charge in [0.2, 0.25) is 11.8 Å². The van der Waals surface area contributed by atoms with E-state index in [9.17, 15) is 19.6 Å². The molecule has 4 atom stereocenters. The van der Waals surface area contributed by atoms with E-state index in [0.717, 1.165) is 31.5 Å². The number of likely N-dealkylation sites (tertiary alicyclic amines) is 2. The third-order valence-electron chi connectivity index (χ3n) is 7.20. The second kappa shape index (κ2) is 10.9. The summed E-state index contributed by atoms with van der Waals surface area (Å²) in [6, 6.07) is 10.4. The fraction of sp³-hybridized carbons (Fsp3) is 0.600. The van der Waals surface area contributed by atoms with Crippen LogP contribution in [-0.4, -0.2) is 79.1 Å². The monoisotopic (exact) mass is 467 g/mol. The summed E-state index contributed by atoms with van der Waals surface area (Å²) in [6.45, 7) is 2.71. The number of carbonyl (C=O) groups excluding carboxylic acids is 3. The van der Waals surface area contributed by atoms with Gasteiger partial charge in [-0.15, -0.1) is 0 Å². The minimum absolute atomic E-state index is 0.00290. The Labute approximate surface area is 200 Å². The number of nitrogens with zero attached hydrogens (tertiary/aromatic N) is 3. The van der Waals surface area contributed by atoms with Crippen LogP contribution in [0.2, 0.25) is 0 Å². The summed E-state index contributed by atoms with van der Waals surface area (Å²) >= 11 is 0. The molecule has 34 heavy (non-hydrogen) atoms. The lowest BCUT2D eigenvalue weighted by Crippen LogP contribution is -2.50. The Kier molecular flexibility index (Phi) is 7.68. The number of hydrogen-bond donors (Lipinski definition) is 2. The zero-order valence-corrected chi connectivity index (χ0v) is 19.6. The predicted octanol–water partition coefficient (Wildman–Crippen LogP) is 1.61. The van der Waals surface area contributed by atoms with Crippen LogP contribution in [0.25, 0.3) is 0 Å². The summed E-state index contributed by atoms with van der Waals surface area (Å²) < 4.78 is 5.80. The Bertz CT molecular complexity index is 925. The van der Waals surface area contributed by atoms with E-state index in [1.165, 1.54) is 4.90 Å². The molecule has 3 aliphatic heterocycles. The Morgan fingerprint density at radius 3 is 2.62 bits per heavy atom. The maximum absolute atomic E-state index is 13.3. The molecule has 3 saturated heterocycles. The predicted molar refractivity (Wildman–Crippen MR) is 125 cm³/mol. The van der Waals surface area contributed by atoms with Crippen molar-refractivity contribution in [2.45, 2.75) is 56.2 Å². The third kappa shape index (κ3) is 5.68. The lowest BCUT2D eigenvalue weighted by Gasteiger charge is -2.31. The van der Waals surface area contributed by atoms with E-state index in [0.29, 0.717) is 25.9 Å². The smallest absolute Gasteiger partial charge is 0.410 e. The van der Waals surface area contributed by atoms with Crippen LogP contribution in [0.4, 0.5) is 4.79 Å². The van der Waals surface area contributed by atoms with E-state index in [1.54, 1.807) is 0 Å². The SMILES string of the molecule is CN1CCC(OC(=O)N2CC(c3ccccc3)C[C@H]2C(=O)N[C@H](C#N)C[C@@H]2CCNC2=O)CC1. The van der Waals surface area contributed by atoms with Crippen LogP contribution in [0, 0.1) is 17.2 Å². The van der Waals surface area contributed by atoms with Crippen LogP contribution in [0.3, 0.4) is 0 Å². The number of rotatable bonds is 6. The van der Waals surface area contributed by atoms with E-state index in [1.807, 2.05) is 37.4 Å². The van der Waals surface area contributed by atoms with Gasteiger partial charge in [0.25, 0.3) is 0 Å². The molecule has 3 amide bonds. The molecule has 182 valence electrons. The van der Waals surface area contributed by atoms with Crippen molar-refractivity contribution in [1.29, 1.82) is 5.26 Å². The normalized spacial score (nSPS) is 26.5. The molecule has 1 unspecified atom stereocenters. The first-order valence-electron chi connectivity index (χ1n) is 12.1. The lowest BCUT2D eigenvalue weighted by atomic mass is 9.95. The van der Waals surface area contributed by atoms with Crippen molar-refractivity contribution >= 4 is 17.9 Å². The zero-order chi connectivity index (χ0) is 24.1. The van der Waals surface area contributed by atoms with Crippen LogP contribution in [0.1, 0.15) is 43.6 Å². The summed E-state index contributed by atoms with van der Waals surface area (Å²) in [5.41, 5.74) is 1.06. The van der Waals surface area contributed by atoms with E-state index >= 15 is 0 Å². The third-order valence-corrected chi connectivity index (χ3v) is 7.20. The number of nitriles is 1. The molecule has 0 aromatic heterocycles. The molecule has 0 radical (unpaired) electrons. The molecule has 9 heteroatoms. The van der Waals surface area contributed by atoms with Gasteiger partial charge in [-0.3, -0.25) is 14.5 Å². The summed E-state index contributed by atoms with van der Waals surface area (Å²) in [7, 11) is 2.05. The second-order valence-corrected chi connectivity index (χ2v) is 9.60. The van der Waals surface area contributed by atoms with Gasteiger partial charge in [0.1, 0.15) is 18.2 Å². The number of nitrogens with one attached hydrogen (secondary N) is 2. The van der Waals surface area contributed by atoms with Crippen molar-refractivity contribution in [2.24, 2.45) is 5.92 Å². The first-order chi connectivity index (χ1) is 16.4. The molecule has 0 saturated carbocycles. The van der Waals surface area contributed by atoms with Crippen LogP contribution in [0.5, 0.6) is 0 Å². The number of benzene rings is 1. The fourth-order valence-electron chi connectivity index (χ4n) is 5.13. The highest BCUT2D eigenvalue weighted by Gasteiger charge is 2.42. The zero-order valence-electron chi connectivity index (χ0n) is 19.6. The van der Waals surface area contributed by atoms with Crippen molar-refractivity contribution in [1.82, 2.24) is 20.4 Å². The van der Waals surface area contributed by atoms with Crippen LogP contribution >= 0.6 is 0 Å². The van der Waals surface area contributed by atoms with Crippen LogP contribution in [0.15, 0.2) is 30.3 Å². The number of amides is 3. The molecule has 0 spiro atoms. The van der Waals surface area contributed by atoms with Crippen molar-refractivity contribution in [3.05, 3.63) is 35.9 Å². The van der Waals surface area contributed by atoms with Gasteiger partial charge in [0, 0.05) is 38.0 Å². The van der Waals surface area contributed by atoms with Gasteiger partial charge in [0.05, 0.1) is 6.07 Å². The van der Waals surface area contributed by atoms with Crippen LogP contribution in [-0.2, 0) is 14.3 Å². The molecule has 3 fully saturated rings. The molecule has 1 aromatic carbocycles. The summed E-state index contributed by atoms with van der Waals surface area (Å²) in [5, 5.41) is 15.1. The van der Waals surface area contributed by atoms with Gasteiger partial charge in [-0.05, 0) is 44.7 Å². The number of hydrogen-bond acceptors (Lipinski definition) is 6. The van der Waals surface area contributed by atoms with Gasteiger partial charge < -0.3 is 20.3 Å². The van der Waals surface area contributed by atoms with Gasteiger partial charge >= 0.3 is 6.09 Å². The van der Waals surface area contributed by atoms with Gasteiger partial charge in [-0.25, -0.2) is 4.79 Å². The first-order valence-corrected chi connectivity index (χ1v) is 12.1. The van der Waals surface area contributed by atoms with Crippen molar-refractivity contribution < 1.29 is 19.1 Å². The Morgan fingerprint density at radius 2 is 1.97 bits per heavy atom. The van der Waals surface area contributed by atoms with Crippen molar-refractivity contribution in [3.8, 4) is 6.07 Å². The maximum Gasteiger partial charge on any atom is 0.410 e. The van der Waals surface area contributed by atoms with Crippen LogP contribution < -0.4 is 10.6 Å². The summed E-state index contributed by atoms with van der Waals surface area (Å²) in [6.07, 6.45) is 2.29. The molecular weight excluding hydrogens is 434 g/mol. The molecule has 2 N–H and O–H groups in total. The number of piperidine rings is 1. The van der Waals surface area contributed by atoms with Crippen molar-refractivity contribution in [2.75, 3.05) is 33.2 Å². The highest BCUT2D eigenvalue weighted by atomic mass is 16.6. The minimum Gasteiger partial charge on any atom is -0.446 e. The Balaban J connectivity index is 1.44. The minimum atomic E-state index is -0.788. The highest BCUT2D eigenvalue weighted by molar-refractivity contribution is 5.87. The average Bonchev–Trinajstić information content (AvgIpc) is 3.47. The molecule has 3 aliphatic rings. The van der Waals surface area contributed by atoms with E-state index in [-0.39, 0.29) is 36.2 Å². The quantitative estimate of drug-likeness (QED) is 0.657. The Morgan fingerprint density at radius 1 is 1.24 bits per heavy atom. The highest BCUT2D eigenvalue weighted by Crippen LogP contribution is 2.33. The average molecular weight is 468 g/mol. The topological polar surface area (TPSA) is 115 Å². The Hall–Kier alpha value is -3.12. The molecule has 9 nitrogen and oxygen atoms in total. The second-order valence-electron chi connectivity index (χ2n) is 9.60. The first kappa shape index (κ1) is 24.0. The van der Waals surface area contributed by atoms with E-state index in [4.69, 9.17) is 4.74 Å². The molecule has 1 aromatic rings. The van der Waals surface area contributed by atoms with Gasteiger partial charge in [-0.2, -0.15) is 5.26 Å². The molecule has 0 aliphatic carbocycles. The summed E-state index contributed by atoms with van der Waals surface area (Å²) in [5.74, 6) is -0.731. The lowest BCUT2D eigenvalue weighted by molar-refractivity contribution is -0.126. The molecule has 0 bridgehead atoms. The number of carbonyl (C=O) groups is 3. The standard InChI is InChI=1S/C25H33N5O4/c1-29-11-8-21(9-12-29)34-25(33)30-16-19(17-5-3-2-4-6-17)14-22(30)24(32)28-20(15-26)13-18-7-10-27-23(18)31/h2-6,18-22H,7-14,16H2,1H3,(H,27,31)(H,28,32)/t18-,19?,20-,22-/m0/s1. The molecule has 3 heterocycles. The fourth-order valence-corrected chi connectivity index (χ4v) is 5.13. The maximum atomic E-state index is 13.3. The van der Waals surface area contributed by atoms with Gasteiger partial charge in [0.15, 0.2) is 0 Å². The van der Waals surface area contributed by atoms with E-state index in [2.05, 4.69) is 21.6 Å². The van der Waals surface area contributed by atoms with Gasteiger partial charge in [-0.1, -0.05) is 30.3 Å².